The number of aliphatic carboxylic acids is 1. The standard InChI is InChI=1S/C35H37F9N6O3.C35H39F9N6O2/c36-33(37,38)25-12-21(13-26(15-25)34(39,40)41)19-49(32-46-17-28(18-47-32)48-8-10-53-11-9-48)20-24-14-27(35(42,43)44)16-45-30(24)50-7-1-2-29(50)22-3-5-23(6-4-22)31(51)52;36-33(37,38)26-12-23(13-27(15-26)34(39,40)41)19-49(32-46-17-29(18-47-32)48-8-10-52-11-9-48)20-25-14-28(35(42,43)44)16-45-31(25)50-7-1-2-30(50)24-5-3-22(21-51)4-6-24/h12-18,22-23,29H,1-11,19-20H2,(H,51,52);12-18,22,24,30,51H,1-11,19-21H2/t22?,23?,29-;22?,24?,30-/m11/s1. The van der Waals surface area contributed by atoms with Gasteiger partial charge < -0.3 is 49.1 Å². The van der Waals surface area contributed by atoms with Crippen LogP contribution in [0.25, 0.3) is 0 Å². The van der Waals surface area contributed by atoms with Gasteiger partial charge in [0.05, 0.1) is 102 Å². The summed E-state index contributed by atoms with van der Waals surface area (Å²) < 4.78 is 261. The van der Waals surface area contributed by atoms with Crippen LogP contribution in [0.2, 0.25) is 0 Å². The molecule has 8 heterocycles. The summed E-state index contributed by atoms with van der Waals surface area (Å²) in [5.74, 6) is -0.690. The molecule has 0 unspecified atom stereocenters. The number of ether oxygens (including phenoxy) is 2. The maximum atomic E-state index is 14.1. The molecule has 0 spiro atoms. The number of carbonyl (C=O) groups is 1. The van der Waals surface area contributed by atoms with Gasteiger partial charge in [-0.25, -0.2) is 29.9 Å². The molecule has 0 amide bonds. The van der Waals surface area contributed by atoms with Gasteiger partial charge in [-0.1, -0.05) is 0 Å². The van der Waals surface area contributed by atoms with Gasteiger partial charge in [0, 0.05) is 108 Å². The van der Waals surface area contributed by atoms with E-state index in [0.717, 1.165) is 56.9 Å². The van der Waals surface area contributed by atoms with Crippen molar-refractivity contribution < 1.29 is 104 Å². The van der Waals surface area contributed by atoms with Gasteiger partial charge in [0.2, 0.25) is 11.9 Å². The molecule has 2 aromatic carbocycles. The molecule has 2 atom stereocenters. The molecule has 2 saturated carbocycles. The number of anilines is 6. The Labute approximate surface area is 591 Å². The highest BCUT2D eigenvalue weighted by Gasteiger charge is 2.44. The molecule has 17 nitrogen and oxygen atoms in total. The van der Waals surface area contributed by atoms with Crippen molar-refractivity contribution in [1.29, 1.82) is 0 Å². The maximum Gasteiger partial charge on any atom is 0.417 e. The first kappa shape index (κ1) is 77.9. The van der Waals surface area contributed by atoms with Gasteiger partial charge in [-0.2, -0.15) is 79.0 Å². The molecule has 0 bridgehead atoms. The van der Waals surface area contributed by atoms with Gasteiger partial charge in [-0.15, -0.1) is 0 Å². The minimum absolute atomic E-state index is 0.00768. The topological polar surface area (TPSA) is 173 Å². The largest absolute Gasteiger partial charge is 0.481 e. The minimum atomic E-state index is -5.12. The Morgan fingerprint density at radius 3 is 1.06 bits per heavy atom. The fraction of sp³-hybridized carbons (Fsp3) is 0.557. The van der Waals surface area contributed by atoms with Crippen molar-refractivity contribution in [1.82, 2.24) is 29.9 Å². The average molecular weight is 1510 g/mol. The van der Waals surface area contributed by atoms with Crippen LogP contribution in [0.15, 0.2) is 85.7 Å². The number of hydrogen-bond donors (Lipinski definition) is 2. The Bertz CT molecular complexity index is 3830. The minimum Gasteiger partial charge on any atom is -0.481 e. The molecule has 4 saturated heterocycles. The van der Waals surface area contributed by atoms with Gasteiger partial charge in [0.25, 0.3) is 0 Å². The summed E-state index contributed by atoms with van der Waals surface area (Å²) in [6.45, 7) is 2.86. The molecule has 2 N–H and O–H groups in total. The van der Waals surface area contributed by atoms with Crippen LogP contribution in [0.5, 0.6) is 0 Å². The van der Waals surface area contributed by atoms with Crippen LogP contribution in [-0.2, 0) is 77.5 Å². The summed E-state index contributed by atoms with van der Waals surface area (Å²) >= 11 is 0. The summed E-state index contributed by atoms with van der Waals surface area (Å²) in [4.78, 5) is 48.0. The summed E-state index contributed by atoms with van der Waals surface area (Å²) in [6.07, 6.45) is -14.5. The zero-order valence-corrected chi connectivity index (χ0v) is 56.4. The molecular weight excluding hydrogens is 1430 g/mol. The first-order chi connectivity index (χ1) is 49.6. The Hall–Kier alpha value is -8.21. The Kier molecular flexibility index (Phi) is 23.8. The summed E-state index contributed by atoms with van der Waals surface area (Å²) in [7, 11) is 0. The second-order valence-electron chi connectivity index (χ2n) is 27.3. The molecule has 2 aliphatic carbocycles. The maximum absolute atomic E-state index is 14.1. The number of hydrogen-bond acceptors (Lipinski definition) is 16. The first-order valence-corrected chi connectivity index (χ1v) is 34.4. The quantitative estimate of drug-likeness (QED) is 0.0778. The zero-order chi connectivity index (χ0) is 75.4. The van der Waals surface area contributed by atoms with Gasteiger partial charge >= 0.3 is 43.0 Å². The molecule has 572 valence electrons. The Morgan fingerprint density at radius 1 is 0.410 bits per heavy atom. The fourth-order valence-electron chi connectivity index (χ4n) is 15.1. The van der Waals surface area contributed by atoms with Crippen molar-refractivity contribution in [2.24, 2.45) is 23.7 Å². The predicted octanol–water partition coefficient (Wildman–Crippen LogP) is 15.6. The average Bonchev–Trinajstić information content (AvgIpc) is 1.78. The van der Waals surface area contributed by atoms with E-state index in [2.05, 4.69) is 29.9 Å². The van der Waals surface area contributed by atoms with Crippen LogP contribution in [0.3, 0.4) is 0 Å². The highest BCUT2D eigenvalue weighted by molar-refractivity contribution is 5.70. The predicted molar refractivity (Wildman–Crippen MR) is 348 cm³/mol. The Balaban J connectivity index is 0.000000210. The molecule has 35 heteroatoms. The first-order valence-electron chi connectivity index (χ1n) is 34.4. The number of aromatic nitrogens is 6. The molecule has 4 aromatic heterocycles. The van der Waals surface area contributed by atoms with Crippen LogP contribution < -0.4 is 29.4 Å². The molecule has 6 aromatic rings. The molecule has 6 fully saturated rings. The number of alkyl halides is 18. The van der Waals surface area contributed by atoms with Gasteiger partial charge in [0.1, 0.15) is 11.6 Å². The van der Waals surface area contributed by atoms with Crippen molar-refractivity contribution >= 4 is 40.9 Å². The van der Waals surface area contributed by atoms with E-state index < -0.39 is 114 Å². The van der Waals surface area contributed by atoms with E-state index in [1.165, 1.54) is 34.6 Å². The highest BCUT2D eigenvalue weighted by Crippen LogP contribution is 2.45. The number of aliphatic hydroxyl groups excluding tert-OH is 1. The second kappa shape index (κ2) is 32.1. The number of rotatable bonds is 18. The Morgan fingerprint density at radius 2 is 0.743 bits per heavy atom. The second-order valence-corrected chi connectivity index (χ2v) is 27.3. The zero-order valence-electron chi connectivity index (χ0n) is 56.4. The number of benzene rings is 2. The number of pyridine rings is 2. The van der Waals surface area contributed by atoms with Crippen molar-refractivity contribution in [3.05, 3.63) is 141 Å². The van der Waals surface area contributed by atoms with Crippen LogP contribution >= 0.6 is 0 Å². The number of morpholine rings is 2. The van der Waals surface area contributed by atoms with E-state index in [1.807, 2.05) is 19.6 Å². The number of aliphatic hydroxyl groups is 1. The lowest BCUT2D eigenvalue weighted by atomic mass is 9.78. The third kappa shape index (κ3) is 19.5. The van der Waals surface area contributed by atoms with Gasteiger partial charge in [-0.3, -0.25) is 4.79 Å². The summed E-state index contributed by atoms with van der Waals surface area (Å²) in [5, 5.41) is 19.1. The fourth-order valence-corrected chi connectivity index (χ4v) is 15.1. The molecule has 12 rings (SSSR count). The van der Waals surface area contributed by atoms with E-state index in [0.29, 0.717) is 146 Å². The van der Waals surface area contributed by atoms with Crippen molar-refractivity contribution in [2.75, 3.05) is 102 Å². The molecule has 4 aliphatic heterocycles. The van der Waals surface area contributed by atoms with Gasteiger partial charge in [-0.05, 0) is 154 Å². The van der Waals surface area contributed by atoms with E-state index in [1.54, 1.807) is 0 Å². The van der Waals surface area contributed by atoms with Crippen LogP contribution in [0.4, 0.5) is 114 Å². The van der Waals surface area contributed by atoms with E-state index in [4.69, 9.17) is 9.47 Å². The van der Waals surface area contributed by atoms with Gasteiger partial charge in [0.15, 0.2) is 0 Å². The van der Waals surface area contributed by atoms with Crippen molar-refractivity contribution in [2.45, 2.75) is 152 Å². The normalized spacial score (nSPS) is 21.7. The number of carboxylic acids is 1. The number of carboxylic acid groups (broad SMARTS) is 1. The number of nitrogens with zero attached hydrogens (tertiary/aromatic N) is 12. The SMILES string of the molecule is O=C(O)C1CCC([C@H]2CCCN2c2ncc(C(F)(F)F)cc2CN(Cc2cc(C(F)(F)F)cc(C(F)(F)F)c2)c2ncc(N3CCOCC3)cn2)CC1.OCC1CCC([C@H]2CCCN2c2ncc(C(F)(F)F)cc2CN(Cc2cc(C(F)(F)F)cc(C(F)(F)F)c2)c2ncc(N3CCOCC3)cn2)CC1. The monoisotopic (exact) mass is 1510 g/mol. The molecule has 105 heavy (non-hydrogen) atoms. The third-order valence-electron chi connectivity index (χ3n) is 20.4. The summed E-state index contributed by atoms with van der Waals surface area (Å²) in [6, 6.07) is 3.97. The van der Waals surface area contributed by atoms with Crippen molar-refractivity contribution in [3.63, 3.8) is 0 Å². The van der Waals surface area contributed by atoms with Crippen molar-refractivity contribution in [3.8, 4) is 0 Å². The van der Waals surface area contributed by atoms with E-state index >= 15 is 0 Å². The number of halogens is 18. The van der Waals surface area contributed by atoms with Crippen LogP contribution in [-0.4, -0.2) is 130 Å². The third-order valence-corrected chi connectivity index (χ3v) is 20.4. The lowest BCUT2D eigenvalue weighted by Crippen LogP contribution is -2.39. The summed E-state index contributed by atoms with van der Waals surface area (Å²) in [5.41, 5.74) is -7.76. The lowest BCUT2D eigenvalue weighted by molar-refractivity contribution is -0.144. The van der Waals surface area contributed by atoms with Crippen LogP contribution in [0.1, 0.15) is 133 Å². The highest BCUT2D eigenvalue weighted by atomic mass is 19.4. The van der Waals surface area contributed by atoms with Crippen LogP contribution in [0, 0.1) is 23.7 Å². The molecular formula is C70H76F18N12O5. The van der Waals surface area contributed by atoms with E-state index in [9.17, 15) is 94.0 Å². The lowest BCUT2D eigenvalue weighted by Gasteiger charge is -2.38. The van der Waals surface area contributed by atoms with E-state index in [-0.39, 0.29) is 88.8 Å². The molecule has 6 aliphatic rings. The molecule has 0 radical (unpaired) electrons. The smallest absolute Gasteiger partial charge is 0.417 e.